The van der Waals surface area contributed by atoms with Gasteiger partial charge in [0.15, 0.2) is 6.61 Å². The molecule has 4 aliphatic carbocycles. The Balaban J connectivity index is 1.22. The topological polar surface area (TPSA) is 92.8 Å². The molecule has 1 heterocycles. The fourth-order valence-corrected chi connectivity index (χ4v) is 6.36. The fourth-order valence-electron chi connectivity index (χ4n) is 6.36. The maximum absolute atomic E-state index is 13.6. The molecule has 3 amide bonds. The summed E-state index contributed by atoms with van der Waals surface area (Å²) in [5, 5.41) is 2.67. The van der Waals surface area contributed by atoms with Gasteiger partial charge in [-0.05, 0) is 47.8 Å². The van der Waals surface area contributed by atoms with E-state index >= 15 is 0 Å². The van der Waals surface area contributed by atoms with E-state index in [0.717, 1.165) is 16.9 Å². The first kappa shape index (κ1) is 21.8. The molecule has 1 aliphatic heterocycles. The van der Waals surface area contributed by atoms with Gasteiger partial charge in [-0.1, -0.05) is 60.7 Å². The van der Waals surface area contributed by atoms with Gasteiger partial charge in [-0.25, -0.2) is 4.79 Å². The van der Waals surface area contributed by atoms with Crippen molar-refractivity contribution in [2.24, 2.45) is 35.5 Å². The number of allylic oxidation sites excluding steroid dienone is 2. The van der Waals surface area contributed by atoms with Crippen molar-refractivity contribution >= 4 is 29.4 Å². The maximum atomic E-state index is 13.6. The van der Waals surface area contributed by atoms with Crippen molar-refractivity contribution in [2.75, 3.05) is 11.9 Å². The number of carbonyl (C=O) groups excluding carboxylic acids is 4. The number of nitrogens with zero attached hydrogens (tertiary/aromatic N) is 1. The molecule has 1 saturated heterocycles. The lowest BCUT2D eigenvalue weighted by molar-refractivity contribution is -0.160. The van der Waals surface area contributed by atoms with Crippen LogP contribution in [0.4, 0.5) is 5.69 Å². The Morgan fingerprint density at radius 3 is 2.06 bits per heavy atom. The summed E-state index contributed by atoms with van der Waals surface area (Å²) >= 11 is 0. The smallest absolute Gasteiger partial charge is 0.330 e. The van der Waals surface area contributed by atoms with Crippen molar-refractivity contribution in [1.29, 1.82) is 0 Å². The Bertz CT molecular complexity index is 1170. The number of ether oxygens (including phenoxy) is 1. The normalized spacial score (nSPS) is 30.5. The molecule has 2 saturated carbocycles. The van der Waals surface area contributed by atoms with Crippen LogP contribution in [0.25, 0.3) is 0 Å². The number of imide groups is 1. The van der Waals surface area contributed by atoms with Crippen molar-refractivity contribution in [1.82, 2.24) is 4.90 Å². The average Bonchev–Trinajstić information content (AvgIpc) is 3.66. The fraction of sp³-hybridized carbons (Fsp3) is 0.357. The Labute approximate surface area is 203 Å². The molecule has 7 atom stereocenters. The van der Waals surface area contributed by atoms with E-state index < -0.39 is 36.4 Å². The number of rotatable bonds is 7. The largest absolute Gasteiger partial charge is 0.454 e. The lowest BCUT2D eigenvalue weighted by Gasteiger charge is -2.37. The third kappa shape index (κ3) is 3.75. The monoisotopic (exact) mass is 470 g/mol. The summed E-state index contributed by atoms with van der Waals surface area (Å²) in [5.74, 6) is -1.49. The molecule has 1 N–H and O–H groups in total. The van der Waals surface area contributed by atoms with Gasteiger partial charge in [0, 0.05) is 12.1 Å². The zero-order chi connectivity index (χ0) is 24.1. The summed E-state index contributed by atoms with van der Waals surface area (Å²) < 4.78 is 5.36. The molecule has 0 radical (unpaired) electrons. The van der Waals surface area contributed by atoms with Crippen LogP contribution in [-0.4, -0.2) is 41.2 Å². The minimum atomic E-state index is -1.11. The van der Waals surface area contributed by atoms with E-state index in [1.54, 1.807) is 24.3 Å². The second-order valence-electron chi connectivity index (χ2n) is 9.93. The summed E-state index contributed by atoms with van der Waals surface area (Å²) in [5.41, 5.74) is 1.40. The SMILES string of the molecule is O=C(COC(=O)[C@H](Cc1ccccc1)N1C(=O)[C@@H]2[C@H]3C=C[C@@H]([C@@H]4C[C@@H]34)[C@H]2C1=O)Nc1ccccc1. The average molecular weight is 471 g/mol. The molecule has 0 unspecified atom stereocenters. The molecule has 3 fully saturated rings. The highest BCUT2D eigenvalue weighted by atomic mass is 16.5. The minimum absolute atomic E-state index is 0.0708. The summed E-state index contributed by atoms with van der Waals surface area (Å²) in [6, 6.07) is 17.0. The van der Waals surface area contributed by atoms with Gasteiger partial charge in [0.25, 0.3) is 5.91 Å². The Morgan fingerprint density at radius 2 is 1.46 bits per heavy atom. The number of anilines is 1. The van der Waals surface area contributed by atoms with Crippen molar-refractivity contribution in [3.8, 4) is 0 Å². The van der Waals surface area contributed by atoms with Gasteiger partial charge in [0.2, 0.25) is 11.8 Å². The molecule has 7 rings (SSSR count). The van der Waals surface area contributed by atoms with Crippen LogP contribution in [0.15, 0.2) is 72.8 Å². The van der Waals surface area contributed by atoms with Crippen molar-refractivity contribution in [2.45, 2.75) is 18.9 Å². The van der Waals surface area contributed by atoms with Gasteiger partial charge in [0.05, 0.1) is 11.8 Å². The maximum Gasteiger partial charge on any atom is 0.330 e. The van der Waals surface area contributed by atoms with Crippen LogP contribution in [0.2, 0.25) is 0 Å². The van der Waals surface area contributed by atoms with Crippen molar-refractivity contribution in [3.05, 3.63) is 78.4 Å². The molecule has 7 heteroatoms. The summed E-state index contributed by atoms with van der Waals surface area (Å²) in [7, 11) is 0. The number of amides is 3. The number of hydrogen-bond acceptors (Lipinski definition) is 5. The third-order valence-corrected chi connectivity index (χ3v) is 7.96. The van der Waals surface area contributed by atoms with Crippen LogP contribution in [0, 0.1) is 35.5 Å². The molecule has 2 aromatic rings. The molecule has 2 bridgehead atoms. The molecule has 0 spiro atoms. The number of hydrogen-bond donors (Lipinski definition) is 1. The Kier molecular flexibility index (Phi) is 5.28. The van der Waals surface area contributed by atoms with Gasteiger partial charge >= 0.3 is 5.97 Å². The molecular weight excluding hydrogens is 444 g/mol. The second kappa shape index (κ2) is 8.48. The number of esters is 1. The van der Waals surface area contributed by atoms with Gasteiger partial charge in [-0.3, -0.25) is 19.3 Å². The number of benzene rings is 2. The summed E-state index contributed by atoms with van der Waals surface area (Å²) in [6.07, 6.45) is 5.43. The third-order valence-electron chi connectivity index (χ3n) is 7.96. The molecule has 7 nitrogen and oxygen atoms in total. The van der Waals surface area contributed by atoms with Crippen LogP contribution < -0.4 is 5.32 Å². The molecule has 35 heavy (non-hydrogen) atoms. The number of nitrogens with one attached hydrogen (secondary N) is 1. The predicted molar refractivity (Wildman–Crippen MR) is 127 cm³/mol. The lowest BCUT2D eigenvalue weighted by Crippen LogP contribution is -2.48. The predicted octanol–water partition coefficient (Wildman–Crippen LogP) is 2.83. The highest BCUT2D eigenvalue weighted by Crippen LogP contribution is 2.65. The molecule has 0 aromatic heterocycles. The Morgan fingerprint density at radius 1 is 0.886 bits per heavy atom. The minimum Gasteiger partial charge on any atom is -0.454 e. The first-order chi connectivity index (χ1) is 17.0. The molecule has 178 valence electrons. The van der Waals surface area contributed by atoms with E-state index in [1.807, 2.05) is 36.4 Å². The summed E-state index contributed by atoms with van der Waals surface area (Å²) in [6.45, 7) is -0.501. The van der Waals surface area contributed by atoms with E-state index in [-0.39, 0.29) is 30.1 Å². The lowest BCUT2D eigenvalue weighted by atomic mass is 9.63. The molecular formula is C28H26N2O5. The van der Waals surface area contributed by atoms with E-state index in [1.165, 1.54) is 0 Å². The molecule has 5 aliphatic rings. The van der Waals surface area contributed by atoms with Crippen LogP contribution in [0.3, 0.4) is 0 Å². The molecule has 2 aromatic carbocycles. The van der Waals surface area contributed by atoms with E-state index in [2.05, 4.69) is 17.5 Å². The number of para-hydroxylation sites is 1. The van der Waals surface area contributed by atoms with Gasteiger partial charge in [-0.2, -0.15) is 0 Å². The Hall–Kier alpha value is -3.74. The zero-order valence-electron chi connectivity index (χ0n) is 19.1. The standard InChI is InChI=1S/C28H26N2O5/c31-23(29-17-9-5-2-6-10-17)15-35-28(34)22(13-16-7-3-1-4-8-16)30-26(32)24-18-11-12-19(21-14-20(18)21)25(24)27(30)33/h1-12,18-22,24-25H,13-15H2,(H,29,31)/t18-,19-,20-,21-,22-,24+,25+/m0/s1. The quantitative estimate of drug-likeness (QED) is 0.382. The summed E-state index contributed by atoms with van der Waals surface area (Å²) in [4.78, 5) is 54.0. The van der Waals surface area contributed by atoms with Crippen LogP contribution in [0.1, 0.15) is 12.0 Å². The zero-order valence-corrected chi connectivity index (χ0v) is 19.1. The van der Waals surface area contributed by atoms with Crippen LogP contribution >= 0.6 is 0 Å². The van der Waals surface area contributed by atoms with Crippen molar-refractivity contribution in [3.63, 3.8) is 0 Å². The van der Waals surface area contributed by atoms with Crippen LogP contribution in [-0.2, 0) is 30.3 Å². The number of carbonyl (C=O) groups is 4. The van der Waals surface area contributed by atoms with Gasteiger partial charge < -0.3 is 10.1 Å². The van der Waals surface area contributed by atoms with E-state index in [0.29, 0.717) is 17.5 Å². The first-order valence-electron chi connectivity index (χ1n) is 12.1. The van der Waals surface area contributed by atoms with Crippen LogP contribution in [0.5, 0.6) is 0 Å². The van der Waals surface area contributed by atoms with E-state index in [4.69, 9.17) is 4.74 Å². The second-order valence-corrected chi connectivity index (χ2v) is 9.93. The van der Waals surface area contributed by atoms with E-state index in [9.17, 15) is 19.2 Å². The first-order valence-corrected chi connectivity index (χ1v) is 12.1. The highest BCUT2D eigenvalue weighted by molar-refractivity contribution is 6.09. The van der Waals surface area contributed by atoms with Gasteiger partial charge in [-0.15, -0.1) is 0 Å². The highest BCUT2D eigenvalue weighted by Gasteiger charge is 2.68. The van der Waals surface area contributed by atoms with Gasteiger partial charge in [0.1, 0.15) is 6.04 Å². The van der Waals surface area contributed by atoms with Crippen molar-refractivity contribution < 1.29 is 23.9 Å². The number of likely N-dealkylation sites (tertiary alicyclic amines) is 1.